The maximum Gasteiger partial charge on any atom is 0.104 e. The van der Waals surface area contributed by atoms with Gasteiger partial charge < -0.3 is 8.97 Å². The van der Waals surface area contributed by atoms with Gasteiger partial charge in [-0.15, -0.1) is 0 Å². The number of hydrogen-bond donors (Lipinski definition) is 0. The van der Waals surface area contributed by atoms with E-state index >= 15 is 0 Å². The van der Waals surface area contributed by atoms with Crippen LogP contribution < -0.4 is 0 Å². The molecule has 6 aliphatic rings. The number of quaternary nitrogens is 2. The van der Waals surface area contributed by atoms with Crippen LogP contribution in [0.4, 0.5) is 0 Å². The molecule has 6 saturated heterocycles. The van der Waals surface area contributed by atoms with Gasteiger partial charge in [-0.1, -0.05) is 18.2 Å². The number of nitrogens with zero attached hydrogens (tertiary/aromatic N) is 2. The first kappa shape index (κ1) is 15.4. The number of benzene rings is 1. The number of hydrogen-bond acceptors (Lipinski definition) is 0. The summed E-state index contributed by atoms with van der Waals surface area (Å²) in [7, 11) is 0. The first-order valence-electron chi connectivity index (χ1n) is 10.5. The van der Waals surface area contributed by atoms with Gasteiger partial charge in [-0.25, -0.2) is 0 Å². The van der Waals surface area contributed by atoms with Crippen LogP contribution in [0.5, 0.6) is 0 Å². The van der Waals surface area contributed by atoms with E-state index in [1.54, 1.807) is 11.1 Å². The highest BCUT2D eigenvalue weighted by atomic mass is 15.4. The summed E-state index contributed by atoms with van der Waals surface area (Å²) >= 11 is 0. The van der Waals surface area contributed by atoms with E-state index in [2.05, 4.69) is 24.3 Å². The third-order valence-electron chi connectivity index (χ3n) is 8.10. The first-order chi connectivity index (χ1) is 11.7. The zero-order chi connectivity index (χ0) is 16.0. The number of fused-ring (bicyclic) bond motifs is 6. The average Bonchev–Trinajstić information content (AvgIpc) is 2.64. The van der Waals surface area contributed by atoms with Crippen molar-refractivity contribution in [3.05, 3.63) is 35.4 Å². The Bertz CT molecular complexity index is 515. The van der Waals surface area contributed by atoms with Crippen LogP contribution >= 0.6 is 0 Å². The molecule has 0 amide bonds. The first-order valence-corrected chi connectivity index (χ1v) is 10.5. The van der Waals surface area contributed by atoms with Crippen LogP contribution in [0.15, 0.2) is 24.3 Å². The summed E-state index contributed by atoms with van der Waals surface area (Å²) in [5.41, 5.74) is 3.22. The molecule has 0 aliphatic carbocycles. The summed E-state index contributed by atoms with van der Waals surface area (Å²) < 4.78 is 2.78. The Balaban J connectivity index is 1.31. The van der Waals surface area contributed by atoms with Gasteiger partial charge in [-0.2, -0.15) is 0 Å². The number of rotatable bonds is 4. The second-order valence-corrected chi connectivity index (χ2v) is 9.63. The second kappa shape index (κ2) is 5.85. The minimum absolute atomic E-state index is 1.06. The fourth-order valence-electron chi connectivity index (χ4n) is 6.35. The van der Waals surface area contributed by atoms with E-state index in [4.69, 9.17) is 0 Å². The van der Waals surface area contributed by atoms with Crippen molar-refractivity contribution in [2.75, 3.05) is 39.3 Å². The smallest absolute Gasteiger partial charge is 0.104 e. The van der Waals surface area contributed by atoms with Crippen LogP contribution in [0, 0.1) is 11.8 Å². The molecular weight excluding hydrogens is 292 g/mol. The molecule has 24 heavy (non-hydrogen) atoms. The Labute approximate surface area is 147 Å². The fourth-order valence-corrected chi connectivity index (χ4v) is 6.35. The van der Waals surface area contributed by atoms with Crippen LogP contribution in [-0.4, -0.2) is 48.2 Å². The molecule has 6 heterocycles. The average molecular weight is 327 g/mol. The lowest BCUT2D eigenvalue weighted by atomic mass is 9.85. The Kier molecular flexibility index (Phi) is 3.75. The zero-order valence-corrected chi connectivity index (χ0v) is 15.3. The summed E-state index contributed by atoms with van der Waals surface area (Å²) in [6.07, 6.45) is 8.92. The lowest BCUT2D eigenvalue weighted by Crippen LogP contribution is -2.57. The van der Waals surface area contributed by atoms with E-state index in [9.17, 15) is 0 Å². The Hall–Kier alpha value is -0.860. The van der Waals surface area contributed by atoms with Gasteiger partial charge in [0.1, 0.15) is 13.1 Å². The number of piperidine rings is 6. The van der Waals surface area contributed by atoms with Gasteiger partial charge in [0.15, 0.2) is 0 Å². The molecule has 1 aromatic rings. The molecule has 4 bridgehead atoms. The molecule has 0 radical (unpaired) electrons. The second-order valence-electron chi connectivity index (χ2n) is 9.63. The normalized spacial score (nSPS) is 40.8. The summed E-state index contributed by atoms with van der Waals surface area (Å²) in [6, 6.07) is 9.72. The fraction of sp³-hybridized carbons (Fsp3) is 0.727. The Morgan fingerprint density at radius 2 is 1.00 bits per heavy atom. The van der Waals surface area contributed by atoms with Gasteiger partial charge in [0, 0.05) is 11.1 Å². The highest BCUT2D eigenvalue weighted by Gasteiger charge is 2.41. The highest BCUT2D eigenvalue weighted by Crippen LogP contribution is 2.37. The molecule has 1 aromatic carbocycles. The van der Waals surface area contributed by atoms with Gasteiger partial charge in [-0.05, 0) is 56.4 Å². The molecule has 7 rings (SSSR count). The van der Waals surface area contributed by atoms with Crippen LogP contribution in [0.1, 0.15) is 49.7 Å². The molecule has 6 aliphatic heterocycles. The molecule has 0 atom stereocenters. The quantitative estimate of drug-likeness (QED) is 0.735. The SMILES string of the molecule is c1cc(C[N+]23CCC(CC2)CC3)cc(C[N+]23CCC(CC2)CC3)c1. The van der Waals surface area contributed by atoms with Gasteiger partial charge in [0.25, 0.3) is 0 Å². The third kappa shape index (κ3) is 2.82. The van der Waals surface area contributed by atoms with Crippen LogP contribution in [0.3, 0.4) is 0 Å². The zero-order valence-electron chi connectivity index (χ0n) is 15.3. The molecule has 2 heteroatoms. The van der Waals surface area contributed by atoms with E-state index in [0.29, 0.717) is 0 Å². The summed E-state index contributed by atoms with van der Waals surface area (Å²) in [5.74, 6) is 2.13. The minimum atomic E-state index is 1.06. The van der Waals surface area contributed by atoms with Crippen molar-refractivity contribution in [1.82, 2.24) is 0 Å². The van der Waals surface area contributed by atoms with Crippen molar-refractivity contribution in [1.29, 1.82) is 0 Å². The van der Waals surface area contributed by atoms with Crippen LogP contribution in [-0.2, 0) is 13.1 Å². The van der Waals surface area contributed by atoms with Gasteiger partial charge in [0.2, 0.25) is 0 Å². The predicted octanol–water partition coefficient (Wildman–Crippen LogP) is 3.95. The molecule has 2 nitrogen and oxygen atoms in total. The van der Waals surface area contributed by atoms with Crippen molar-refractivity contribution in [3.63, 3.8) is 0 Å². The molecule has 130 valence electrons. The van der Waals surface area contributed by atoms with E-state index < -0.39 is 0 Å². The van der Waals surface area contributed by atoms with Crippen molar-refractivity contribution < 1.29 is 8.97 Å². The van der Waals surface area contributed by atoms with Crippen molar-refractivity contribution in [2.24, 2.45) is 11.8 Å². The summed E-state index contributed by atoms with van der Waals surface area (Å²) in [5, 5.41) is 0. The molecule has 0 unspecified atom stereocenters. The van der Waals surface area contributed by atoms with E-state index in [1.165, 1.54) is 99.8 Å². The van der Waals surface area contributed by atoms with Gasteiger partial charge in [0.05, 0.1) is 39.3 Å². The Morgan fingerprint density at radius 1 is 0.625 bits per heavy atom. The lowest BCUT2D eigenvalue weighted by Gasteiger charge is -2.49. The lowest BCUT2D eigenvalue weighted by molar-refractivity contribution is -0.955. The van der Waals surface area contributed by atoms with Crippen LogP contribution in [0.2, 0.25) is 0 Å². The Morgan fingerprint density at radius 3 is 1.38 bits per heavy atom. The van der Waals surface area contributed by atoms with E-state index in [1.807, 2.05) is 0 Å². The van der Waals surface area contributed by atoms with Crippen molar-refractivity contribution in [2.45, 2.75) is 51.6 Å². The third-order valence-corrected chi connectivity index (χ3v) is 8.10. The van der Waals surface area contributed by atoms with E-state index in [-0.39, 0.29) is 0 Å². The molecular formula is C22H34N2+2. The monoisotopic (exact) mass is 326 g/mol. The molecule has 6 fully saturated rings. The summed E-state index contributed by atoms with van der Waals surface area (Å²) in [6.45, 7) is 11.2. The highest BCUT2D eigenvalue weighted by molar-refractivity contribution is 5.22. The van der Waals surface area contributed by atoms with Gasteiger partial charge in [-0.3, -0.25) is 0 Å². The van der Waals surface area contributed by atoms with Crippen molar-refractivity contribution in [3.8, 4) is 0 Å². The minimum Gasteiger partial charge on any atom is -0.320 e. The maximum atomic E-state index is 2.57. The van der Waals surface area contributed by atoms with Gasteiger partial charge >= 0.3 is 0 Å². The topological polar surface area (TPSA) is 0 Å². The molecule has 0 N–H and O–H groups in total. The maximum absolute atomic E-state index is 2.57. The summed E-state index contributed by atoms with van der Waals surface area (Å²) in [4.78, 5) is 0. The molecule has 0 aromatic heterocycles. The standard InChI is InChI=1S/C22H34N2/c1-2-21(17-23-10-4-19(5-11-23)6-12-23)16-22(3-1)18-24-13-7-20(8-14-24)9-15-24/h1-3,16,19-20H,4-15,17-18H2/q+2. The van der Waals surface area contributed by atoms with Crippen molar-refractivity contribution >= 4 is 0 Å². The van der Waals surface area contributed by atoms with E-state index in [0.717, 1.165) is 11.8 Å². The predicted molar refractivity (Wildman–Crippen MR) is 98.3 cm³/mol. The molecule has 0 spiro atoms. The largest absolute Gasteiger partial charge is 0.320 e. The van der Waals surface area contributed by atoms with Crippen LogP contribution in [0.25, 0.3) is 0 Å². The molecule has 0 saturated carbocycles.